The number of nitrogens with zero attached hydrogens (tertiary/aromatic N) is 3. The summed E-state index contributed by atoms with van der Waals surface area (Å²) in [6.45, 7) is 5.87. The molecule has 0 aliphatic carbocycles. The number of benzene rings is 1. The van der Waals surface area contributed by atoms with Crippen LogP contribution >= 0.6 is 0 Å². The lowest BCUT2D eigenvalue weighted by Crippen LogP contribution is -2.44. The Kier molecular flexibility index (Phi) is 6.37. The topological polar surface area (TPSA) is 146 Å². The maximum absolute atomic E-state index is 12.5. The minimum atomic E-state index is -4.11. The van der Waals surface area contributed by atoms with Gasteiger partial charge in [-0.2, -0.15) is 8.42 Å². The molecule has 2 fully saturated rings. The van der Waals surface area contributed by atoms with Crippen molar-refractivity contribution in [1.82, 2.24) is 0 Å². The molecule has 0 saturated carbocycles. The fourth-order valence-corrected chi connectivity index (χ4v) is 4.26. The first kappa shape index (κ1) is 22.5. The molecule has 164 valence electrons. The summed E-state index contributed by atoms with van der Waals surface area (Å²) in [5.74, 6) is -1.56. The fraction of sp³-hybridized carbons (Fsp3) is 0.611. The molecule has 0 N–H and O–H groups in total. The average molecular weight is 441 g/mol. The van der Waals surface area contributed by atoms with E-state index in [1.165, 1.54) is 19.1 Å². The van der Waals surface area contributed by atoms with Gasteiger partial charge in [-0.1, -0.05) is 22.8 Å². The van der Waals surface area contributed by atoms with Crippen molar-refractivity contribution in [2.75, 3.05) is 6.61 Å². The zero-order valence-corrected chi connectivity index (χ0v) is 17.7. The number of rotatable bonds is 7. The van der Waals surface area contributed by atoms with Crippen LogP contribution in [-0.4, -0.2) is 57.4 Å². The van der Waals surface area contributed by atoms with Crippen LogP contribution in [0.1, 0.15) is 26.3 Å². The predicted octanol–water partition coefficient (Wildman–Crippen LogP) is 2.19. The van der Waals surface area contributed by atoms with Crippen LogP contribution in [0, 0.1) is 6.92 Å². The van der Waals surface area contributed by atoms with Gasteiger partial charge in [0, 0.05) is 11.8 Å². The van der Waals surface area contributed by atoms with E-state index in [1.54, 1.807) is 26.0 Å². The van der Waals surface area contributed by atoms with Crippen molar-refractivity contribution in [2.24, 2.45) is 5.11 Å². The first-order chi connectivity index (χ1) is 14.0. The predicted molar refractivity (Wildman–Crippen MR) is 102 cm³/mol. The third kappa shape index (κ3) is 4.91. The molecule has 12 heteroatoms. The van der Waals surface area contributed by atoms with Crippen molar-refractivity contribution in [3.8, 4) is 0 Å². The Morgan fingerprint density at radius 1 is 1.30 bits per heavy atom. The third-order valence-corrected chi connectivity index (χ3v) is 5.91. The lowest BCUT2D eigenvalue weighted by Gasteiger charge is -2.28. The highest BCUT2D eigenvalue weighted by molar-refractivity contribution is 7.86. The van der Waals surface area contributed by atoms with E-state index in [9.17, 15) is 13.2 Å². The highest BCUT2D eigenvalue weighted by atomic mass is 32.2. The molecule has 3 rings (SSSR count). The maximum atomic E-state index is 12.5. The average Bonchev–Trinajstić information content (AvgIpc) is 3.11. The zero-order valence-electron chi connectivity index (χ0n) is 16.9. The molecule has 0 bridgehead atoms. The molecule has 5 atom stereocenters. The summed E-state index contributed by atoms with van der Waals surface area (Å²) in [5.41, 5.74) is 9.84. The molecule has 0 unspecified atom stereocenters. The number of fused-ring (bicyclic) bond motifs is 1. The normalized spacial score (nSPS) is 28.4. The summed E-state index contributed by atoms with van der Waals surface area (Å²) in [7, 11) is -4.11. The largest absolute Gasteiger partial charge is 0.457 e. The van der Waals surface area contributed by atoms with Gasteiger partial charge in [-0.05, 0) is 38.4 Å². The Hall–Kier alpha value is -2.21. The molecule has 2 aliphatic heterocycles. The van der Waals surface area contributed by atoms with Gasteiger partial charge in [0.2, 0.25) is 0 Å². The van der Waals surface area contributed by atoms with Crippen molar-refractivity contribution >= 4 is 16.1 Å². The van der Waals surface area contributed by atoms with Crippen LogP contribution < -0.4 is 0 Å². The van der Waals surface area contributed by atoms with Crippen molar-refractivity contribution in [3.63, 3.8) is 0 Å². The number of hydrogen-bond acceptors (Lipinski definition) is 9. The Morgan fingerprint density at radius 3 is 2.57 bits per heavy atom. The number of aryl methyl sites for hydroxylation is 1. The van der Waals surface area contributed by atoms with Crippen molar-refractivity contribution in [3.05, 3.63) is 40.3 Å². The van der Waals surface area contributed by atoms with Crippen molar-refractivity contribution < 1.29 is 36.3 Å². The summed E-state index contributed by atoms with van der Waals surface area (Å²) in [4.78, 5) is 14.3. The summed E-state index contributed by atoms with van der Waals surface area (Å²) < 4.78 is 52.5. The van der Waals surface area contributed by atoms with Crippen LogP contribution in [0.2, 0.25) is 0 Å². The van der Waals surface area contributed by atoms with Crippen LogP contribution in [0.3, 0.4) is 0 Å². The second kappa shape index (κ2) is 8.50. The molecule has 0 aromatic heterocycles. The van der Waals surface area contributed by atoms with Gasteiger partial charge in [-0.3, -0.25) is 8.98 Å². The Balaban J connectivity index is 1.78. The van der Waals surface area contributed by atoms with Gasteiger partial charge >= 0.3 is 5.97 Å². The molecule has 1 aromatic rings. The van der Waals surface area contributed by atoms with Gasteiger partial charge in [0.15, 0.2) is 24.3 Å². The van der Waals surface area contributed by atoms with Crippen molar-refractivity contribution in [2.45, 2.75) is 69.0 Å². The van der Waals surface area contributed by atoms with Crippen LogP contribution in [0.5, 0.6) is 0 Å². The molecule has 2 aliphatic rings. The number of esters is 1. The van der Waals surface area contributed by atoms with E-state index in [2.05, 4.69) is 10.0 Å². The van der Waals surface area contributed by atoms with Gasteiger partial charge in [-0.15, -0.1) is 0 Å². The van der Waals surface area contributed by atoms with E-state index in [-0.39, 0.29) is 4.90 Å². The molecular formula is C18H23N3O8S. The molecule has 0 amide bonds. The first-order valence-corrected chi connectivity index (χ1v) is 10.6. The number of ether oxygens (including phenoxy) is 4. The number of carbonyl (C=O) groups excluding carboxylic acids is 1. The summed E-state index contributed by atoms with van der Waals surface area (Å²) in [6, 6.07) is 4.97. The SMILES string of the molecule is CC(=O)O[C@@H]1[C@H]2OC(C)(C)O[C@H]2O[C@@H]1[C@H](COS(=O)(=O)c1ccc(C)cc1)N=[N+]=[N-]. The summed E-state index contributed by atoms with van der Waals surface area (Å²) in [6.07, 6.45) is -3.64. The zero-order chi connectivity index (χ0) is 22.1. The van der Waals surface area contributed by atoms with Crippen LogP contribution in [-0.2, 0) is 38.0 Å². The van der Waals surface area contributed by atoms with E-state index >= 15 is 0 Å². The monoisotopic (exact) mass is 441 g/mol. The lowest BCUT2D eigenvalue weighted by atomic mass is 10.0. The molecule has 0 radical (unpaired) electrons. The van der Waals surface area contributed by atoms with Gasteiger partial charge in [-0.25, -0.2) is 0 Å². The van der Waals surface area contributed by atoms with E-state index in [0.717, 1.165) is 5.56 Å². The fourth-order valence-electron chi connectivity index (χ4n) is 3.33. The summed E-state index contributed by atoms with van der Waals surface area (Å²) in [5, 5.41) is 3.60. The molecular weight excluding hydrogens is 418 g/mol. The molecule has 2 saturated heterocycles. The van der Waals surface area contributed by atoms with Gasteiger partial charge in [0.25, 0.3) is 10.1 Å². The van der Waals surface area contributed by atoms with Crippen LogP contribution in [0.25, 0.3) is 10.4 Å². The second-order valence-corrected chi connectivity index (χ2v) is 9.08. The smallest absolute Gasteiger partial charge is 0.303 e. The highest BCUT2D eigenvalue weighted by Crippen LogP contribution is 2.40. The Labute approximate surface area is 173 Å². The molecule has 11 nitrogen and oxygen atoms in total. The van der Waals surface area contributed by atoms with E-state index in [4.69, 9.17) is 28.7 Å². The van der Waals surface area contributed by atoms with Gasteiger partial charge in [0.1, 0.15) is 6.10 Å². The first-order valence-electron chi connectivity index (χ1n) is 9.21. The van der Waals surface area contributed by atoms with Crippen LogP contribution in [0.15, 0.2) is 34.3 Å². The third-order valence-electron chi connectivity index (χ3n) is 4.61. The molecule has 1 aromatic carbocycles. The second-order valence-electron chi connectivity index (χ2n) is 7.47. The van der Waals surface area contributed by atoms with Crippen molar-refractivity contribution in [1.29, 1.82) is 0 Å². The minimum Gasteiger partial charge on any atom is -0.457 e. The molecule has 0 spiro atoms. The Bertz CT molecular complexity index is 943. The Morgan fingerprint density at radius 2 is 1.97 bits per heavy atom. The summed E-state index contributed by atoms with van der Waals surface area (Å²) >= 11 is 0. The highest BCUT2D eigenvalue weighted by Gasteiger charge is 2.58. The number of carbonyl (C=O) groups is 1. The standard InChI is InChI=1S/C18H23N3O8S/c1-10-5-7-12(8-6-10)30(23,24)25-9-13(20-21-19)14-15(26-11(2)22)16-17(27-14)29-18(3,4)28-16/h5-8,13-17H,9H2,1-4H3/t13-,14+,15-,16+,17+/m0/s1. The van der Waals surface area contributed by atoms with E-state index in [1.807, 2.05) is 6.92 Å². The molecule has 2 heterocycles. The van der Waals surface area contributed by atoms with Gasteiger partial charge in [0.05, 0.1) is 17.5 Å². The lowest BCUT2D eigenvalue weighted by molar-refractivity contribution is -0.221. The number of azide groups is 1. The minimum absolute atomic E-state index is 0.0399. The van der Waals surface area contributed by atoms with E-state index in [0.29, 0.717) is 0 Å². The maximum Gasteiger partial charge on any atom is 0.303 e. The van der Waals surface area contributed by atoms with E-state index < -0.39 is 59.1 Å². The van der Waals surface area contributed by atoms with Gasteiger partial charge < -0.3 is 18.9 Å². The quantitative estimate of drug-likeness (QED) is 0.206. The number of hydrogen-bond donors (Lipinski definition) is 0. The molecule has 30 heavy (non-hydrogen) atoms. The van der Waals surface area contributed by atoms with Crippen LogP contribution in [0.4, 0.5) is 0 Å².